The molecule has 2 aromatic carbocycles. The second-order valence-corrected chi connectivity index (χ2v) is 4.47. The predicted octanol–water partition coefficient (Wildman–Crippen LogP) is 4.67. The SMILES string of the molecule is Cc1cc(-c2cc(Cl)ccc2Cl)ccc1O. The van der Waals surface area contributed by atoms with Crippen LogP contribution in [0.2, 0.25) is 10.0 Å². The molecule has 2 rings (SSSR count). The molecular weight excluding hydrogens is 243 g/mol. The summed E-state index contributed by atoms with van der Waals surface area (Å²) in [5.74, 6) is 0.280. The van der Waals surface area contributed by atoms with Crippen molar-refractivity contribution in [2.45, 2.75) is 6.92 Å². The molecule has 1 N–H and O–H groups in total. The molecule has 0 bridgehead atoms. The Bertz CT molecular complexity index is 535. The highest BCUT2D eigenvalue weighted by molar-refractivity contribution is 6.35. The molecule has 0 saturated heterocycles. The fourth-order valence-electron chi connectivity index (χ4n) is 1.54. The van der Waals surface area contributed by atoms with Gasteiger partial charge in [-0.15, -0.1) is 0 Å². The molecule has 0 amide bonds. The Balaban J connectivity index is 2.58. The summed E-state index contributed by atoms with van der Waals surface area (Å²) in [4.78, 5) is 0. The van der Waals surface area contributed by atoms with Crippen LogP contribution in [0.5, 0.6) is 5.75 Å². The fourth-order valence-corrected chi connectivity index (χ4v) is 1.94. The van der Waals surface area contributed by atoms with E-state index < -0.39 is 0 Å². The Morgan fingerprint density at radius 1 is 1.00 bits per heavy atom. The van der Waals surface area contributed by atoms with Gasteiger partial charge in [0.05, 0.1) is 0 Å². The molecule has 2 aromatic rings. The van der Waals surface area contributed by atoms with E-state index >= 15 is 0 Å². The molecular formula is C13H10Cl2O. The van der Waals surface area contributed by atoms with Gasteiger partial charge in [0.1, 0.15) is 5.75 Å². The van der Waals surface area contributed by atoms with E-state index in [0.29, 0.717) is 10.0 Å². The van der Waals surface area contributed by atoms with E-state index in [-0.39, 0.29) is 5.75 Å². The first kappa shape index (κ1) is 11.3. The predicted molar refractivity (Wildman–Crippen MR) is 68.3 cm³/mol. The number of rotatable bonds is 1. The summed E-state index contributed by atoms with van der Waals surface area (Å²) >= 11 is 12.0. The van der Waals surface area contributed by atoms with Gasteiger partial charge in [-0.3, -0.25) is 0 Å². The zero-order valence-corrected chi connectivity index (χ0v) is 10.2. The molecule has 0 atom stereocenters. The van der Waals surface area contributed by atoms with Crippen LogP contribution in [0.25, 0.3) is 11.1 Å². The van der Waals surface area contributed by atoms with Crippen molar-refractivity contribution in [2.75, 3.05) is 0 Å². The number of benzene rings is 2. The number of phenols is 1. The topological polar surface area (TPSA) is 20.2 Å². The van der Waals surface area contributed by atoms with E-state index in [1.54, 1.807) is 18.2 Å². The average molecular weight is 253 g/mol. The molecule has 0 aromatic heterocycles. The Kier molecular flexibility index (Phi) is 3.08. The lowest BCUT2D eigenvalue weighted by Gasteiger charge is -2.07. The van der Waals surface area contributed by atoms with Gasteiger partial charge >= 0.3 is 0 Å². The van der Waals surface area contributed by atoms with Gasteiger partial charge in [-0.1, -0.05) is 29.3 Å². The van der Waals surface area contributed by atoms with Gasteiger partial charge in [-0.05, 0) is 48.4 Å². The summed E-state index contributed by atoms with van der Waals surface area (Å²) in [6.45, 7) is 1.84. The van der Waals surface area contributed by atoms with Gasteiger partial charge in [-0.2, -0.15) is 0 Å². The zero-order valence-electron chi connectivity index (χ0n) is 8.67. The van der Waals surface area contributed by atoms with Crippen LogP contribution >= 0.6 is 23.2 Å². The van der Waals surface area contributed by atoms with Gasteiger partial charge in [0, 0.05) is 15.6 Å². The summed E-state index contributed by atoms with van der Waals surface area (Å²) in [6, 6.07) is 10.7. The third kappa shape index (κ3) is 2.16. The highest BCUT2D eigenvalue weighted by Crippen LogP contribution is 2.32. The van der Waals surface area contributed by atoms with Crippen molar-refractivity contribution < 1.29 is 5.11 Å². The number of hydrogen-bond donors (Lipinski definition) is 1. The third-order valence-electron chi connectivity index (χ3n) is 2.44. The molecule has 0 radical (unpaired) electrons. The minimum Gasteiger partial charge on any atom is -0.508 e. The molecule has 0 saturated carbocycles. The van der Waals surface area contributed by atoms with Gasteiger partial charge in [-0.25, -0.2) is 0 Å². The van der Waals surface area contributed by atoms with Crippen molar-refractivity contribution >= 4 is 23.2 Å². The first-order valence-electron chi connectivity index (χ1n) is 4.83. The number of hydrogen-bond acceptors (Lipinski definition) is 1. The second-order valence-electron chi connectivity index (χ2n) is 3.63. The normalized spacial score (nSPS) is 10.4. The van der Waals surface area contributed by atoms with E-state index in [1.165, 1.54) is 0 Å². The molecule has 0 aliphatic carbocycles. The summed E-state index contributed by atoms with van der Waals surface area (Å²) < 4.78 is 0. The lowest BCUT2D eigenvalue weighted by Crippen LogP contribution is -1.82. The van der Waals surface area contributed by atoms with E-state index in [9.17, 15) is 5.11 Å². The smallest absolute Gasteiger partial charge is 0.118 e. The van der Waals surface area contributed by atoms with Crippen LogP contribution < -0.4 is 0 Å². The van der Waals surface area contributed by atoms with Crippen LogP contribution in [0, 0.1) is 6.92 Å². The van der Waals surface area contributed by atoms with Gasteiger partial charge < -0.3 is 5.11 Å². The minimum atomic E-state index is 0.280. The summed E-state index contributed by atoms with van der Waals surface area (Å²) in [7, 11) is 0. The lowest BCUT2D eigenvalue weighted by atomic mass is 10.0. The van der Waals surface area contributed by atoms with Gasteiger partial charge in [0.2, 0.25) is 0 Å². The maximum absolute atomic E-state index is 9.46. The number of halogens is 2. The molecule has 0 aliphatic heterocycles. The monoisotopic (exact) mass is 252 g/mol. The van der Waals surface area contributed by atoms with Gasteiger partial charge in [0.25, 0.3) is 0 Å². The highest BCUT2D eigenvalue weighted by Gasteiger charge is 2.06. The summed E-state index contributed by atoms with van der Waals surface area (Å²) in [5.41, 5.74) is 2.63. The average Bonchev–Trinajstić information content (AvgIpc) is 2.26. The first-order chi connectivity index (χ1) is 7.58. The van der Waals surface area contributed by atoms with Crippen molar-refractivity contribution in [3.63, 3.8) is 0 Å². The molecule has 0 heterocycles. The maximum atomic E-state index is 9.46. The molecule has 0 aliphatic rings. The molecule has 0 unspecified atom stereocenters. The third-order valence-corrected chi connectivity index (χ3v) is 3.00. The van der Waals surface area contributed by atoms with Crippen LogP contribution in [-0.2, 0) is 0 Å². The minimum absolute atomic E-state index is 0.280. The number of aryl methyl sites for hydroxylation is 1. The van der Waals surface area contributed by atoms with Crippen molar-refractivity contribution in [2.24, 2.45) is 0 Å². The van der Waals surface area contributed by atoms with Crippen molar-refractivity contribution in [1.29, 1.82) is 0 Å². The number of aromatic hydroxyl groups is 1. The zero-order chi connectivity index (χ0) is 11.7. The Hall–Kier alpha value is -1.18. The second kappa shape index (κ2) is 4.36. The highest BCUT2D eigenvalue weighted by atomic mass is 35.5. The van der Waals surface area contributed by atoms with Crippen molar-refractivity contribution in [3.8, 4) is 16.9 Å². The molecule has 16 heavy (non-hydrogen) atoms. The quantitative estimate of drug-likeness (QED) is 0.782. The van der Waals surface area contributed by atoms with Crippen LogP contribution in [-0.4, -0.2) is 5.11 Å². The van der Waals surface area contributed by atoms with Crippen LogP contribution in [0.15, 0.2) is 36.4 Å². The molecule has 0 spiro atoms. The Morgan fingerprint density at radius 2 is 1.75 bits per heavy atom. The van der Waals surface area contributed by atoms with Crippen LogP contribution in [0.3, 0.4) is 0 Å². The fraction of sp³-hybridized carbons (Fsp3) is 0.0769. The summed E-state index contributed by atoms with van der Waals surface area (Å²) in [5, 5.41) is 10.7. The van der Waals surface area contributed by atoms with E-state index in [4.69, 9.17) is 23.2 Å². The van der Waals surface area contributed by atoms with E-state index in [2.05, 4.69) is 0 Å². The maximum Gasteiger partial charge on any atom is 0.118 e. The Morgan fingerprint density at radius 3 is 2.44 bits per heavy atom. The van der Waals surface area contributed by atoms with Gasteiger partial charge in [0.15, 0.2) is 0 Å². The van der Waals surface area contributed by atoms with Crippen molar-refractivity contribution in [3.05, 3.63) is 52.0 Å². The summed E-state index contributed by atoms with van der Waals surface area (Å²) in [6.07, 6.45) is 0. The van der Waals surface area contributed by atoms with Crippen LogP contribution in [0.1, 0.15) is 5.56 Å². The Labute approximate surface area is 104 Å². The van der Waals surface area contributed by atoms with E-state index in [0.717, 1.165) is 16.7 Å². The number of phenolic OH excluding ortho intramolecular Hbond substituents is 1. The largest absolute Gasteiger partial charge is 0.508 e. The van der Waals surface area contributed by atoms with Crippen LogP contribution in [0.4, 0.5) is 0 Å². The molecule has 0 fully saturated rings. The first-order valence-corrected chi connectivity index (χ1v) is 5.58. The molecule has 82 valence electrons. The molecule has 3 heteroatoms. The standard InChI is InChI=1S/C13H10Cl2O/c1-8-6-9(2-5-13(8)16)11-7-10(14)3-4-12(11)15/h2-7,16H,1H3. The van der Waals surface area contributed by atoms with Crippen molar-refractivity contribution in [1.82, 2.24) is 0 Å². The molecule has 1 nitrogen and oxygen atoms in total. The van der Waals surface area contributed by atoms with E-state index in [1.807, 2.05) is 25.1 Å². The lowest BCUT2D eigenvalue weighted by molar-refractivity contribution is 0.471.